The van der Waals surface area contributed by atoms with E-state index in [0.717, 1.165) is 5.56 Å². The van der Waals surface area contributed by atoms with E-state index in [1.807, 2.05) is 30.3 Å². The molecule has 1 aromatic rings. The lowest BCUT2D eigenvalue weighted by molar-refractivity contribution is -0.0371. The molecule has 2 N–H and O–H groups in total. The number of hydrogen-bond donors (Lipinski definition) is 2. The molecule has 5 nitrogen and oxygen atoms in total. The molecule has 98 valence electrons. The molecule has 2 atom stereocenters. The van der Waals surface area contributed by atoms with Crippen molar-refractivity contribution in [1.82, 2.24) is 4.90 Å². The third kappa shape index (κ3) is 3.21. The van der Waals surface area contributed by atoms with Gasteiger partial charge in [0.15, 0.2) is 0 Å². The number of piperidine rings is 1. The monoisotopic (exact) mass is 251 g/mol. The summed E-state index contributed by atoms with van der Waals surface area (Å²) < 4.78 is 5.15. The summed E-state index contributed by atoms with van der Waals surface area (Å²) in [7, 11) is 0. The molecule has 1 fully saturated rings. The van der Waals surface area contributed by atoms with Crippen molar-refractivity contribution < 1.29 is 19.7 Å². The molecule has 0 bridgehead atoms. The number of likely N-dealkylation sites (tertiary alicyclic amines) is 1. The number of ether oxygens (including phenoxy) is 1. The summed E-state index contributed by atoms with van der Waals surface area (Å²) >= 11 is 0. The molecule has 1 aliphatic rings. The largest absolute Gasteiger partial charge is 0.445 e. The lowest BCUT2D eigenvalue weighted by atomic mass is 10.1. The molecule has 0 unspecified atom stereocenters. The zero-order chi connectivity index (χ0) is 13.0. The number of aliphatic hydroxyl groups excluding tert-OH is 2. The van der Waals surface area contributed by atoms with Crippen molar-refractivity contribution >= 4 is 6.09 Å². The first-order valence-electron chi connectivity index (χ1n) is 5.98. The van der Waals surface area contributed by atoms with E-state index in [2.05, 4.69) is 0 Å². The topological polar surface area (TPSA) is 70.0 Å². The van der Waals surface area contributed by atoms with E-state index in [1.54, 1.807) is 0 Å². The second-order valence-corrected chi connectivity index (χ2v) is 4.41. The van der Waals surface area contributed by atoms with Gasteiger partial charge in [0.2, 0.25) is 0 Å². The summed E-state index contributed by atoms with van der Waals surface area (Å²) in [5.41, 5.74) is 0.920. The lowest BCUT2D eigenvalue weighted by Gasteiger charge is -2.32. The first-order valence-corrected chi connectivity index (χ1v) is 5.98. The molecule has 0 aliphatic carbocycles. The molecule has 18 heavy (non-hydrogen) atoms. The molecule has 0 aromatic heterocycles. The van der Waals surface area contributed by atoms with Crippen LogP contribution in [0.25, 0.3) is 0 Å². The van der Waals surface area contributed by atoms with Gasteiger partial charge >= 0.3 is 6.09 Å². The molecule has 1 aliphatic heterocycles. The minimum atomic E-state index is -0.886. The van der Waals surface area contributed by atoms with E-state index in [0.29, 0.717) is 13.0 Å². The number of rotatable bonds is 2. The summed E-state index contributed by atoms with van der Waals surface area (Å²) in [5.74, 6) is 0. The van der Waals surface area contributed by atoms with Gasteiger partial charge in [-0.15, -0.1) is 0 Å². The minimum absolute atomic E-state index is 0.120. The third-order valence-electron chi connectivity index (χ3n) is 3.01. The normalized spacial score (nSPS) is 23.8. The Morgan fingerprint density at radius 3 is 2.67 bits per heavy atom. The van der Waals surface area contributed by atoms with Gasteiger partial charge < -0.3 is 19.8 Å². The Morgan fingerprint density at radius 1 is 1.28 bits per heavy atom. The standard InChI is InChI=1S/C13H17NO4/c15-11-6-7-14(8-12(11)16)13(17)18-9-10-4-2-1-3-5-10/h1-5,11-12,15-16H,6-9H2/t11-,12-/m1/s1. The third-order valence-corrected chi connectivity index (χ3v) is 3.01. The van der Waals surface area contributed by atoms with Gasteiger partial charge in [0, 0.05) is 6.54 Å². The molecule has 0 saturated carbocycles. The number of hydrogen-bond acceptors (Lipinski definition) is 4. The van der Waals surface area contributed by atoms with E-state index < -0.39 is 18.3 Å². The van der Waals surface area contributed by atoms with Crippen molar-refractivity contribution in [3.63, 3.8) is 0 Å². The van der Waals surface area contributed by atoms with Crippen molar-refractivity contribution in [2.24, 2.45) is 0 Å². The maximum absolute atomic E-state index is 11.7. The average Bonchev–Trinajstić information content (AvgIpc) is 2.40. The van der Waals surface area contributed by atoms with E-state index in [9.17, 15) is 15.0 Å². The van der Waals surface area contributed by atoms with Crippen LogP contribution in [0.2, 0.25) is 0 Å². The molecule has 5 heteroatoms. The molecule has 2 rings (SSSR count). The number of amides is 1. The van der Waals surface area contributed by atoms with Crippen LogP contribution in [0.1, 0.15) is 12.0 Å². The molecule has 0 radical (unpaired) electrons. The molecular weight excluding hydrogens is 234 g/mol. The van der Waals surface area contributed by atoms with E-state index in [4.69, 9.17) is 4.74 Å². The summed E-state index contributed by atoms with van der Waals surface area (Å²) in [5, 5.41) is 18.8. The van der Waals surface area contributed by atoms with E-state index >= 15 is 0 Å². The zero-order valence-electron chi connectivity index (χ0n) is 10.0. The van der Waals surface area contributed by atoms with Crippen LogP contribution in [0.4, 0.5) is 4.79 Å². The van der Waals surface area contributed by atoms with Crippen molar-refractivity contribution in [3.8, 4) is 0 Å². The van der Waals surface area contributed by atoms with Crippen LogP contribution in [-0.4, -0.2) is 46.5 Å². The highest BCUT2D eigenvalue weighted by molar-refractivity contribution is 5.67. The Balaban J connectivity index is 1.82. The van der Waals surface area contributed by atoms with Crippen LogP contribution in [0.3, 0.4) is 0 Å². The fraction of sp³-hybridized carbons (Fsp3) is 0.462. The predicted molar refractivity (Wildman–Crippen MR) is 64.8 cm³/mol. The van der Waals surface area contributed by atoms with Gasteiger partial charge in [0.1, 0.15) is 6.61 Å². The summed E-state index contributed by atoms with van der Waals surface area (Å²) in [4.78, 5) is 13.2. The highest BCUT2D eigenvalue weighted by Gasteiger charge is 2.29. The number of β-amino-alcohol motifs (C(OH)–C–C–N with tert-alkyl or cyclic N) is 1. The van der Waals surface area contributed by atoms with Crippen LogP contribution in [0.15, 0.2) is 30.3 Å². The number of nitrogens with zero attached hydrogens (tertiary/aromatic N) is 1. The molecular formula is C13H17NO4. The Morgan fingerprint density at radius 2 is 2.00 bits per heavy atom. The second kappa shape index (κ2) is 5.84. The molecule has 1 amide bonds. The van der Waals surface area contributed by atoms with Crippen LogP contribution >= 0.6 is 0 Å². The predicted octanol–water partition coefficient (Wildman–Crippen LogP) is 0.751. The maximum Gasteiger partial charge on any atom is 0.410 e. The van der Waals surface area contributed by atoms with Crippen molar-refractivity contribution in [1.29, 1.82) is 0 Å². The van der Waals surface area contributed by atoms with E-state index in [-0.39, 0.29) is 13.2 Å². The van der Waals surface area contributed by atoms with Gasteiger partial charge in [-0.05, 0) is 12.0 Å². The smallest absolute Gasteiger partial charge is 0.410 e. The van der Waals surface area contributed by atoms with Crippen LogP contribution < -0.4 is 0 Å². The van der Waals surface area contributed by atoms with Crippen molar-refractivity contribution in [2.75, 3.05) is 13.1 Å². The number of carbonyl (C=O) groups excluding carboxylic acids is 1. The van der Waals surface area contributed by atoms with Gasteiger partial charge in [0.25, 0.3) is 0 Å². The molecule has 0 spiro atoms. The number of benzene rings is 1. The molecule has 1 heterocycles. The highest BCUT2D eigenvalue weighted by atomic mass is 16.6. The van der Waals surface area contributed by atoms with Crippen molar-refractivity contribution in [2.45, 2.75) is 25.2 Å². The number of aliphatic hydroxyl groups is 2. The lowest BCUT2D eigenvalue weighted by Crippen LogP contribution is -2.49. The van der Waals surface area contributed by atoms with Crippen LogP contribution in [-0.2, 0) is 11.3 Å². The molecule has 1 saturated heterocycles. The van der Waals surface area contributed by atoms with Gasteiger partial charge in [-0.25, -0.2) is 4.79 Å². The fourth-order valence-corrected chi connectivity index (χ4v) is 1.90. The van der Waals surface area contributed by atoms with Crippen LogP contribution in [0.5, 0.6) is 0 Å². The van der Waals surface area contributed by atoms with Crippen molar-refractivity contribution in [3.05, 3.63) is 35.9 Å². The Hall–Kier alpha value is -1.59. The van der Waals surface area contributed by atoms with Crippen LogP contribution in [0, 0.1) is 0 Å². The van der Waals surface area contributed by atoms with Gasteiger partial charge in [0.05, 0.1) is 18.8 Å². The summed E-state index contributed by atoms with van der Waals surface area (Å²) in [6.45, 7) is 0.745. The summed E-state index contributed by atoms with van der Waals surface area (Å²) in [6.07, 6.45) is -1.71. The van der Waals surface area contributed by atoms with Gasteiger partial charge in [-0.2, -0.15) is 0 Å². The molecule has 1 aromatic carbocycles. The number of carbonyl (C=O) groups is 1. The van der Waals surface area contributed by atoms with Gasteiger partial charge in [-0.1, -0.05) is 30.3 Å². The minimum Gasteiger partial charge on any atom is -0.445 e. The first-order chi connectivity index (χ1) is 8.66. The second-order valence-electron chi connectivity index (χ2n) is 4.41. The maximum atomic E-state index is 11.7. The average molecular weight is 251 g/mol. The SMILES string of the molecule is O=C(OCc1ccccc1)N1CC[C@@H](O)[C@H](O)C1. The Kier molecular flexibility index (Phi) is 4.17. The summed E-state index contributed by atoms with van der Waals surface area (Å²) in [6, 6.07) is 9.41. The zero-order valence-corrected chi connectivity index (χ0v) is 10.0. The Labute approximate surface area is 106 Å². The van der Waals surface area contributed by atoms with E-state index in [1.165, 1.54) is 4.90 Å². The highest BCUT2D eigenvalue weighted by Crippen LogP contribution is 2.12. The Bertz CT molecular complexity index is 395. The fourth-order valence-electron chi connectivity index (χ4n) is 1.90. The first kappa shape index (κ1) is 12.9. The van der Waals surface area contributed by atoms with Gasteiger partial charge in [-0.3, -0.25) is 0 Å². The quantitative estimate of drug-likeness (QED) is 0.813.